The van der Waals surface area contributed by atoms with Crippen LogP contribution in [0.1, 0.15) is 46.1 Å². The van der Waals surface area contributed by atoms with E-state index in [4.69, 9.17) is 4.74 Å². The van der Waals surface area contributed by atoms with Crippen LogP contribution in [0.3, 0.4) is 0 Å². The molecule has 0 aliphatic carbocycles. The van der Waals surface area contributed by atoms with Crippen molar-refractivity contribution in [3.05, 3.63) is 23.8 Å². The average molecular weight is 416 g/mol. The molecule has 28 heavy (non-hydrogen) atoms. The number of hydrogen-bond donors (Lipinski definition) is 2. The van der Waals surface area contributed by atoms with E-state index in [9.17, 15) is 17.6 Å². The maximum atomic E-state index is 13.0. The monoisotopic (exact) mass is 415 g/mol. The molecule has 2 rings (SSSR count). The number of amides is 2. The number of hydrogen-bond acceptors (Lipinski definition) is 4. The molecule has 1 fully saturated rings. The lowest BCUT2D eigenvalue weighted by Gasteiger charge is -2.33. The summed E-state index contributed by atoms with van der Waals surface area (Å²) in [6, 6.07) is 4.39. The van der Waals surface area contributed by atoms with Gasteiger partial charge in [0, 0.05) is 36.4 Å². The van der Waals surface area contributed by atoms with Crippen molar-refractivity contribution in [3.63, 3.8) is 0 Å². The van der Waals surface area contributed by atoms with E-state index < -0.39 is 21.4 Å². The largest absolute Gasteiger partial charge is 0.493 e. The molecule has 1 aliphatic heterocycles. The Labute approximate surface area is 166 Å². The molecule has 0 unspecified atom stereocenters. The van der Waals surface area contributed by atoms with Crippen LogP contribution in [0.15, 0.2) is 18.2 Å². The number of nitrogens with zero attached hydrogens (tertiary/aromatic N) is 1. The zero-order valence-corrected chi connectivity index (χ0v) is 17.7. The van der Waals surface area contributed by atoms with E-state index in [0.29, 0.717) is 49.5 Å². The highest BCUT2D eigenvalue weighted by Gasteiger charge is 2.33. The number of carbonyl (C=O) groups is 1. The minimum Gasteiger partial charge on any atom is -0.493 e. The van der Waals surface area contributed by atoms with Crippen molar-refractivity contribution >= 4 is 21.7 Å². The number of likely N-dealkylation sites (tertiary alicyclic amines) is 1. The molecule has 0 radical (unpaired) electrons. The van der Waals surface area contributed by atoms with Gasteiger partial charge in [0.1, 0.15) is 12.4 Å². The van der Waals surface area contributed by atoms with Gasteiger partial charge < -0.3 is 15.0 Å². The highest BCUT2D eigenvalue weighted by molar-refractivity contribution is 7.90. The second kappa shape index (κ2) is 9.09. The van der Waals surface area contributed by atoms with Crippen LogP contribution in [0.5, 0.6) is 5.75 Å². The van der Waals surface area contributed by atoms with E-state index in [0.717, 1.165) is 0 Å². The molecule has 9 heteroatoms. The molecule has 0 aromatic heterocycles. The first-order valence-electron chi connectivity index (χ1n) is 9.47. The molecular weight excluding hydrogens is 385 g/mol. The van der Waals surface area contributed by atoms with Gasteiger partial charge >= 0.3 is 6.03 Å². The molecule has 1 saturated heterocycles. The first-order valence-corrected chi connectivity index (χ1v) is 10.9. The molecule has 7 nitrogen and oxygen atoms in total. The first kappa shape index (κ1) is 22.4. The molecule has 1 aromatic rings. The maximum Gasteiger partial charge on any atom is 0.321 e. The zero-order chi connectivity index (χ0) is 20.9. The van der Waals surface area contributed by atoms with E-state index in [1.165, 1.54) is 0 Å². The SMILES string of the molecule is CCOc1cc(NC(=O)N2CCC(NS(=O)(=O)C(C)(C)C)CC2)ccc1CF. The predicted octanol–water partition coefficient (Wildman–Crippen LogP) is 3.27. The maximum absolute atomic E-state index is 13.0. The zero-order valence-electron chi connectivity index (χ0n) is 16.9. The number of carbonyl (C=O) groups excluding carboxylic acids is 1. The van der Waals surface area contributed by atoms with Crippen molar-refractivity contribution in [2.24, 2.45) is 0 Å². The molecule has 1 aliphatic rings. The number of piperidine rings is 1. The number of urea groups is 1. The van der Waals surface area contributed by atoms with E-state index in [-0.39, 0.29) is 12.1 Å². The summed E-state index contributed by atoms with van der Waals surface area (Å²) in [6.45, 7) is 7.44. The number of rotatable bonds is 6. The van der Waals surface area contributed by atoms with Crippen LogP contribution in [0.4, 0.5) is 14.9 Å². The van der Waals surface area contributed by atoms with Crippen LogP contribution >= 0.6 is 0 Å². The van der Waals surface area contributed by atoms with Crippen molar-refractivity contribution in [1.82, 2.24) is 9.62 Å². The molecule has 0 saturated carbocycles. The second-order valence-electron chi connectivity index (χ2n) is 7.81. The topological polar surface area (TPSA) is 87.7 Å². The Morgan fingerprint density at radius 2 is 1.93 bits per heavy atom. The lowest BCUT2D eigenvalue weighted by Crippen LogP contribution is -2.50. The van der Waals surface area contributed by atoms with Gasteiger partial charge in [0.05, 0.1) is 11.4 Å². The molecule has 0 bridgehead atoms. The lowest BCUT2D eigenvalue weighted by atomic mass is 10.1. The Kier molecular flexibility index (Phi) is 7.28. The van der Waals surface area contributed by atoms with E-state index in [2.05, 4.69) is 10.0 Å². The standard InChI is InChI=1S/C19H30FN3O4S/c1-5-27-17-12-16(7-6-14(17)13-20)21-18(24)23-10-8-15(9-11-23)22-28(25,26)19(2,3)4/h6-7,12,15,22H,5,8-11,13H2,1-4H3,(H,21,24). The fourth-order valence-corrected chi connectivity index (χ4v) is 3.86. The summed E-state index contributed by atoms with van der Waals surface area (Å²) in [7, 11) is -3.41. The minimum absolute atomic E-state index is 0.179. The van der Waals surface area contributed by atoms with Gasteiger partial charge in [-0.25, -0.2) is 22.3 Å². The number of ether oxygens (including phenoxy) is 1. The van der Waals surface area contributed by atoms with Crippen LogP contribution in [0, 0.1) is 0 Å². The number of benzene rings is 1. The lowest BCUT2D eigenvalue weighted by molar-refractivity contribution is 0.193. The summed E-state index contributed by atoms with van der Waals surface area (Å²) in [5.74, 6) is 0.415. The number of halogens is 1. The predicted molar refractivity (Wildman–Crippen MR) is 108 cm³/mol. The Bertz CT molecular complexity index is 785. The number of nitrogens with one attached hydrogen (secondary N) is 2. The molecule has 0 spiro atoms. The van der Waals surface area contributed by atoms with Crippen LogP contribution < -0.4 is 14.8 Å². The molecular formula is C19H30FN3O4S. The van der Waals surface area contributed by atoms with Crippen molar-refractivity contribution in [2.75, 3.05) is 25.0 Å². The van der Waals surface area contributed by atoms with E-state index in [1.807, 2.05) is 6.92 Å². The van der Waals surface area contributed by atoms with Crippen molar-refractivity contribution in [1.29, 1.82) is 0 Å². The van der Waals surface area contributed by atoms with Gasteiger partial charge in [-0.05, 0) is 46.6 Å². The van der Waals surface area contributed by atoms with Crippen LogP contribution in [-0.4, -0.2) is 49.8 Å². The van der Waals surface area contributed by atoms with Crippen molar-refractivity contribution in [3.8, 4) is 5.75 Å². The highest BCUT2D eigenvalue weighted by atomic mass is 32.2. The molecule has 1 aromatic carbocycles. The Balaban J connectivity index is 1.93. The van der Waals surface area contributed by atoms with E-state index in [1.54, 1.807) is 43.9 Å². The summed E-state index contributed by atoms with van der Waals surface area (Å²) in [5, 5.41) is 2.79. The Morgan fingerprint density at radius 1 is 1.29 bits per heavy atom. The Morgan fingerprint density at radius 3 is 2.46 bits per heavy atom. The quantitative estimate of drug-likeness (QED) is 0.746. The Hall–Kier alpha value is -1.87. The van der Waals surface area contributed by atoms with Crippen LogP contribution in [-0.2, 0) is 16.7 Å². The van der Waals surface area contributed by atoms with Crippen LogP contribution in [0.25, 0.3) is 0 Å². The number of sulfonamides is 1. The highest BCUT2D eigenvalue weighted by Crippen LogP contribution is 2.25. The second-order valence-corrected chi connectivity index (χ2v) is 10.3. The van der Waals surface area contributed by atoms with Gasteiger partial charge in [0.2, 0.25) is 10.0 Å². The average Bonchev–Trinajstić information content (AvgIpc) is 2.61. The molecule has 0 atom stereocenters. The molecule has 2 amide bonds. The van der Waals surface area contributed by atoms with Crippen molar-refractivity contribution in [2.45, 2.75) is 58.0 Å². The fraction of sp³-hybridized carbons (Fsp3) is 0.632. The van der Waals surface area contributed by atoms with Gasteiger partial charge in [-0.2, -0.15) is 0 Å². The number of alkyl halides is 1. The third-order valence-corrected chi connectivity index (χ3v) is 6.93. The van der Waals surface area contributed by atoms with Crippen LogP contribution in [0.2, 0.25) is 0 Å². The first-order chi connectivity index (χ1) is 13.1. The summed E-state index contributed by atoms with van der Waals surface area (Å²) in [6.07, 6.45) is 1.10. The van der Waals surface area contributed by atoms with Gasteiger partial charge in [-0.1, -0.05) is 6.07 Å². The molecule has 158 valence electrons. The normalized spacial score (nSPS) is 16.1. The smallest absolute Gasteiger partial charge is 0.321 e. The molecule has 2 N–H and O–H groups in total. The van der Waals surface area contributed by atoms with Crippen molar-refractivity contribution < 1.29 is 22.3 Å². The van der Waals surface area contributed by atoms with Gasteiger partial charge in [0.25, 0.3) is 0 Å². The third-order valence-electron chi connectivity index (χ3n) is 4.67. The third kappa shape index (κ3) is 5.57. The molecule has 1 heterocycles. The fourth-order valence-electron chi connectivity index (χ4n) is 2.83. The van der Waals surface area contributed by atoms with Gasteiger partial charge in [-0.15, -0.1) is 0 Å². The summed E-state index contributed by atoms with van der Waals surface area (Å²) >= 11 is 0. The minimum atomic E-state index is -3.41. The van der Waals surface area contributed by atoms with Gasteiger partial charge in [-0.3, -0.25) is 0 Å². The summed E-state index contributed by atoms with van der Waals surface area (Å²) in [4.78, 5) is 14.1. The summed E-state index contributed by atoms with van der Waals surface area (Å²) in [5.41, 5.74) is 0.966. The van der Waals surface area contributed by atoms with Gasteiger partial charge in [0.15, 0.2) is 0 Å². The summed E-state index contributed by atoms with van der Waals surface area (Å²) < 4.78 is 44.8. The number of anilines is 1. The van der Waals surface area contributed by atoms with E-state index >= 15 is 0 Å².